The summed E-state index contributed by atoms with van der Waals surface area (Å²) < 4.78 is 0. The van der Waals surface area contributed by atoms with E-state index in [2.05, 4.69) is 0 Å². The number of allylic oxidation sites excluding steroid dienone is 7. The fraction of sp³-hybridized carbons (Fsp3) is 0.450. The van der Waals surface area contributed by atoms with Crippen LogP contribution < -0.4 is 0 Å². The number of aliphatic hydroxyl groups is 3. The van der Waals surface area contributed by atoms with E-state index in [1.54, 1.807) is 42.5 Å². The highest BCUT2D eigenvalue weighted by Crippen LogP contribution is 2.06. The van der Waals surface area contributed by atoms with Crippen LogP contribution in [0.4, 0.5) is 0 Å². The Morgan fingerprint density at radius 2 is 1.52 bits per heavy atom. The molecule has 0 rings (SSSR count). The molecule has 0 aliphatic heterocycles. The number of aliphatic hydroxyl groups excluding tert-OH is 3. The van der Waals surface area contributed by atoms with Gasteiger partial charge in [0.05, 0.1) is 18.3 Å². The van der Waals surface area contributed by atoms with Crippen LogP contribution in [0.2, 0.25) is 0 Å². The van der Waals surface area contributed by atoms with Crippen LogP contribution in [0.25, 0.3) is 0 Å². The Balaban J connectivity index is 4.02. The van der Waals surface area contributed by atoms with Gasteiger partial charge in [-0.05, 0) is 25.7 Å². The SMILES string of the molecule is CC/C=C\C[C@@H](O)/C=C/C=C\C=C\C=C\C(O)C(O)CCCC(=O)O. The first-order valence-electron chi connectivity index (χ1n) is 8.56. The summed E-state index contributed by atoms with van der Waals surface area (Å²) in [6.45, 7) is 2.04. The Morgan fingerprint density at radius 3 is 2.12 bits per heavy atom. The van der Waals surface area contributed by atoms with Crippen molar-refractivity contribution in [2.75, 3.05) is 0 Å². The van der Waals surface area contributed by atoms with Gasteiger partial charge in [-0.2, -0.15) is 0 Å². The van der Waals surface area contributed by atoms with E-state index in [-0.39, 0.29) is 12.8 Å². The average molecular weight is 350 g/mol. The van der Waals surface area contributed by atoms with Crippen molar-refractivity contribution in [3.8, 4) is 0 Å². The van der Waals surface area contributed by atoms with Gasteiger partial charge in [-0.25, -0.2) is 0 Å². The predicted molar refractivity (Wildman–Crippen MR) is 100 cm³/mol. The van der Waals surface area contributed by atoms with E-state index in [9.17, 15) is 20.1 Å². The highest BCUT2D eigenvalue weighted by Gasteiger charge is 2.12. The summed E-state index contributed by atoms with van der Waals surface area (Å²) in [5.74, 6) is -0.911. The van der Waals surface area contributed by atoms with Gasteiger partial charge < -0.3 is 20.4 Å². The van der Waals surface area contributed by atoms with Crippen molar-refractivity contribution in [1.29, 1.82) is 0 Å². The molecule has 0 aliphatic carbocycles. The maximum absolute atomic E-state index is 10.4. The van der Waals surface area contributed by atoms with Gasteiger partial charge >= 0.3 is 5.97 Å². The smallest absolute Gasteiger partial charge is 0.303 e. The zero-order valence-electron chi connectivity index (χ0n) is 14.7. The zero-order valence-corrected chi connectivity index (χ0v) is 14.7. The number of rotatable bonds is 13. The van der Waals surface area contributed by atoms with Crippen LogP contribution in [-0.2, 0) is 4.79 Å². The number of aliphatic carboxylic acids is 1. The molecule has 0 saturated carbocycles. The quantitative estimate of drug-likeness (QED) is 0.302. The van der Waals surface area contributed by atoms with Crippen LogP contribution in [-0.4, -0.2) is 44.7 Å². The highest BCUT2D eigenvalue weighted by molar-refractivity contribution is 5.66. The van der Waals surface area contributed by atoms with Crippen LogP contribution in [0.15, 0.2) is 60.8 Å². The molecule has 0 aliphatic rings. The minimum atomic E-state index is -1.02. The van der Waals surface area contributed by atoms with Crippen LogP contribution in [0.5, 0.6) is 0 Å². The third-order valence-electron chi connectivity index (χ3n) is 3.26. The van der Waals surface area contributed by atoms with Gasteiger partial charge in [0, 0.05) is 6.42 Å². The van der Waals surface area contributed by atoms with Gasteiger partial charge in [-0.1, -0.05) is 67.7 Å². The monoisotopic (exact) mass is 350 g/mol. The summed E-state index contributed by atoms with van der Waals surface area (Å²) in [6.07, 6.45) is 17.2. The maximum Gasteiger partial charge on any atom is 0.303 e. The van der Waals surface area contributed by atoms with E-state index in [1.165, 1.54) is 6.08 Å². The topological polar surface area (TPSA) is 98.0 Å². The van der Waals surface area contributed by atoms with Gasteiger partial charge in [0.2, 0.25) is 0 Å². The third-order valence-corrected chi connectivity index (χ3v) is 3.26. The molecule has 140 valence electrons. The second kappa shape index (κ2) is 15.6. The van der Waals surface area contributed by atoms with Gasteiger partial charge in [-0.15, -0.1) is 0 Å². The molecule has 0 radical (unpaired) electrons. The van der Waals surface area contributed by atoms with Crippen LogP contribution in [0.3, 0.4) is 0 Å². The molecule has 0 aromatic carbocycles. The van der Waals surface area contributed by atoms with Crippen molar-refractivity contribution in [3.05, 3.63) is 60.8 Å². The average Bonchev–Trinajstić information content (AvgIpc) is 2.56. The minimum absolute atomic E-state index is 0.0186. The minimum Gasteiger partial charge on any atom is -0.481 e. The van der Waals surface area contributed by atoms with E-state index in [0.717, 1.165) is 6.42 Å². The molecule has 3 atom stereocenters. The maximum atomic E-state index is 10.4. The van der Waals surface area contributed by atoms with Crippen molar-refractivity contribution in [3.63, 3.8) is 0 Å². The molecular weight excluding hydrogens is 320 g/mol. The normalized spacial score (nSPS) is 16.6. The van der Waals surface area contributed by atoms with Crippen LogP contribution >= 0.6 is 0 Å². The molecule has 25 heavy (non-hydrogen) atoms. The molecule has 4 N–H and O–H groups in total. The van der Waals surface area contributed by atoms with E-state index in [1.807, 2.05) is 19.1 Å². The Morgan fingerprint density at radius 1 is 0.920 bits per heavy atom. The Labute approximate surface area is 150 Å². The van der Waals surface area contributed by atoms with Gasteiger partial charge in [0.15, 0.2) is 0 Å². The molecule has 0 heterocycles. The lowest BCUT2D eigenvalue weighted by molar-refractivity contribution is -0.137. The number of carbonyl (C=O) groups is 1. The standard InChI is InChI=1S/C20H30O5/c1-2-3-8-12-17(21)13-9-6-4-5-7-10-14-18(22)19(23)15-11-16-20(24)25/h3-10,13-14,17-19,21-23H,2,11-12,15-16H2,1H3,(H,24,25)/b6-4-,7-5+,8-3-,13-9+,14-10+/t17-,18?,19?/m1/s1. The van der Waals surface area contributed by atoms with Crippen molar-refractivity contribution >= 4 is 5.97 Å². The van der Waals surface area contributed by atoms with Crippen molar-refractivity contribution < 1.29 is 25.2 Å². The molecule has 0 aromatic heterocycles. The molecule has 0 fully saturated rings. The predicted octanol–water partition coefficient (Wildman–Crippen LogP) is 2.91. The van der Waals surface area contributed by atoms with Crippen molar-refractivity contribution in [2.24, 2.45) is 0 Å². The summed E-state index contributed by atoms with van der Waals surface area (Å²) in [5, 5.41) is 37.5. The zero-order chi connectivity index (χ0) is 18.9. The number of carboxylic acids is 1. The molecule has 0 spiro atoms. The summed E-state index contributed by atoms with van der Waals surface area (Å²) in [7, 11) is 0. The summed E-state index contributed by atoms with van der Waals surface area (Å²) in [6, 6.07) is 0. The van der Waals surface area contributed by atoms with Gasteiger partial charge in [0.25, 0.3) is 0 Å². The van der Waals surface area contributed by atoms with E-state index in [4.69, 9.17) is 5.11 Å². The lowest BCUT2D eigenvalue weighted by atomic mass is 10.1. The van der Waals surface area contributed by atoms with E-state index in [0.29, 0.717) is 12.8 Å². The summed E-state index contributed by atoms with van der Waals surface area (Å²) in [5.41, 5.74) is 0. The van der Waals surface area contributed by atoms with Crippen LogP contribution in [0, 0.1) is 0 Å². The molecule has 0 bridgehead atoms. The summed E-state index contributed by atoms with van der Waals surface area (Å²) >= 11 is 0. The molecular formula is C20H30O5. The van der Waals surface area contributed by atoms with E-state index < -0.39 is 24.3 Å². The van der Waals surface area contributed by atoms with Crippen molar-refractivity contribution in [1.82, 2.24) is 0 Å². The second-order valence-electron chi connectivity index (χ2n) is 5.57. The third kappa shape index (κ3) is 15.3. The van der Waals surface area contributed by atoms with Gasteiger partial charge in [0.1, 0.15) is 0 Å². The molecule has 2 unspecified atom stereocenters. The first-order valence-corrected chi connectivity index (χ1v) is 8.56. The van der Waals surface area contributed by atoms with Crippen molar-refractivity contribution in [2.45, 2.75) is 57.3 Å². The fourth-order valence-electron chi connectivity index (χ4n) is 1.87. The van der Waals surface area contributed by atoms with Crippen LogP contribution in [0.1, 0.15) is 39.0 Å². The molecule has 5 heteroatoms. The Bertz CT molecular complexity index is 488. The fourth-order valence-corrected chi connectivity index (χ4v) is 1.87. The number of carboxylic acid groups (broad SMARTS) is 1. The lowest BCUT2D eigenvalue weighted by Gasteiger charge is -2.13. The Hall–Kier alpha value is -1.95. The Kier molecular flexibility index (Phi) is 14.4. The van der Waals surface area contributed by atoms with E-state index >= 15 is 0 Å². The molecule has 0 aromatic rings. The molecule has 0 saturated heterocycles. The largest absolute Gasteiger partial charge is 0.481 e. The number of hydrogen-bond donors (Lipinski definition) is 4. The molecule has 0 amide bonds. The number of hydrogen-bond acceptors (Lipinski definition) is 4. The first-order chi connectivity index (χ1) is 12.0. The second-order valence-corrected chi connectivity index (χ2v) is 5.57. The highest BCUT2D eigenvalue weighted by atomic mass is 16.4. The first kappa shape index (κ1) is 23.1. The summed E-state index contributed by atoms with van der Waals surface area (Å²) in [4.78, 5) is 10.4. The lowest BCUT2D eigenvalue weighted by Crippen LogP contribution is -2.23. The van der Waals surface area contributed by atoms with Gasteiger partial charge in [-0.3, -0.25) is 4.79 Å². The molecule has 5 nitrogen and oxygen atoms in total.